The highest BCUT2D eigenvalue weighted by Gasteiger charge is 2.29. The number of hydrogen-bond donors (Lipinski definition) is 2. The molecule has 0 aliphatic carbocycles. The standard InChI is InChI=1S/C23H30F2N6O4S/c1-5-34-23(33)30-10-8-29(9-11-30)20(32)16(4)31-13-18(15(3)28-31)27-22(36)26-17-7-6-14(2)12-19(17)35-21(24)25/h6-7,12-13,16,21H,5,8-11H2,1-4H3,(H2,26,27,36). The van der Waals surface area contributed by atoms with Crippen molar-refractivity contribution in [3.05, 3.63) is 35.7 Å². The molecule has 0 saturated carbocycles. The fraction of sp³-hybridized carbons (Fsp3) is 0.478. The number of halogens is 2. The highest BCUT2D eigenvalue weighted by molar-refractivity contribution is 7.80. The minimum Gasteiger partial charge on any atom is -0.450 e. The van der Waals surface area contributed by atoms with Crippen LogP contribution in [0.4, 0.5) is 25.0 Å². The van der Waals surface area contributed by atoms with Crippen LogP contribution in [0.25, 0.3) is 0 Å². The Morgan fingerprint density at radius 2 is 1.75 bits per heavy atom. The number of alkyl halides is 2. The van der Waals surface area contributed by atoms with Crippen LogP contribution in [0.1, 0.15) is 31.1 Å². The number of aryl methyl sites for hydroxylation is 2. The number of piperazine rings is 1. The van der Waals surface area contributed by atoms with Crippen molar-refractivity contribution in [2.24, 2.45) is 0 Å². The van der Waals surface area contributed by atoms with Gasteiger partial charge in [-0.2, -0.15) is 13.9 Å². The van der Waals surface area contributed by atoms with Gasteiger partial charge in [0.25, 0.3) is 0 Å². The average Bonchev–Trinajstić information content (AvgIpc) is 3.19. The fourth-order valence-corrected chi connectivity index (χ4v) is 3.93. The molecule has 1 aliphatic rings. The molecule has 0 radical (unpaired) electrons. The predicted molar refractivity (Wildman–Crippen MR) is 135 cm³/mol. The molecule has 2 heterocycles. The van der Waals surface area contributed by atoms with Crippen LogP contribution in [0, 0.1) is 13.8 Å². The predicted octanol–water partition coefficient (Wildman–Crippen LogP) is 3.77. The summed E-state index contributed by atoms with van der Waals surface area (Å²) in [6.45, 7) is 5.96. The van der Waals surface area contributed by atoms with E-state index in [1.54, 1.807) is 55.8 Å². The summed E-state index contributed by atoms with van der Waals surface area (Å²) in [6.07, 6.45) is 1.28. The van der Waals surface area contributed by atoms with Crippen molar-refractivity contribution in [1.29, 1.82) is 0 Å². The molecule has 2 aromatic rings. The number of thiocarbonyl (C=S) groups is 1. The summed E-state index contributed by atoms with van der Waals surface area (Å²) in [5, 5.41) is 10.4. The second kappa shape index (κ2) is 12.0. The minimum atomic E-state index is -2.97. The Balaban J connectivity index is 1.61. The lowest BCUT2D eigenvalue weighted by Crippen LogP contribution is -2.52. The maximum absolute atomic E-state index is 13.0. The van der Waals surface area contributed by atoms with Crippen LogP contribution < -0.4 is 15.4 Å². The van der Waals surface area contributed by atoms with Crippen molar-refractivity contribution in [1.82, 2.24) is 19.6 Å². The third-order valence-corrected chi connectivity index (χ3v) is 5.84. The van der Waals surface area contributed by atoms with Crippen molar-refractivity contribution in [3.63, 3.8) is 0 Å². The van der Waals surface area contributed by atoms with E-state index < -0.39 is 12.7 Å². The van der Waals surface area contributed by atoms with Crippen molar-refractivity contribution < 1.29 is 27.8 Å². The molecule has 1 atom stereocenters. The van der Waals surface area contributed by atoms with E-state index in [9.17, 15) is 18.4 Å². The molecule has 13 heteroatoms. The largest absolute Gasteiger partial charge is 0.450 e. The van der Waals surface area contributed by atoms with Crippen LogP contribution in [0.2, 0.25) is 0 Å². The number of rotatable bonds is 7. The number of ether oxygens (including phenoxy) is 2. The second-order valence-corrected chi connectivity index (χ2v) is 8.66. The Hall–Kier alpha value is -3.48. The molecule has 1 aromatic carbocycles. The van der Waals surface area contributed by atoms with E-state index in [1.807, 2.05) is 0 Å². The van der Waals surface area contributed by atoms with Gasteiger partial charge in [0.2, 0.25) is 5.91 Å². The molecule has 1 unspecified atom stereocenters. The zero-order chi connectivity index (χ0) is 26.4. The Morgan fingerprint density at radius 1 is 1.11 bits per heavy atom. The first-order valence-corrected chi connectivity index (χ1v) is 11.9. The van der Waals surface area contributed by atoms with Crippen molar-refractivity contribution in [2.75, 3.05) is 43.4 Å². The van der Waals surface area contributed by atoms with Gasteiger partial charge in [0.05, 0.1) is 23.7 Å². The Kier molecular flexibility index (Phi) is 9.02. The van der Waals surface area contributed by atoms with Crippen LogP contribution in [-0.2, 0) is 9.53 Å². The lowest BCUT2D eigenvalue weighted by molar-refractivity contribution is -0.136. The van der Waals surface area contributed by atoms with Crippen LogP contribution in [-0.4, -0.2) is 76.1 Å². The van der Waals surface area contributed by atoms with Gasteiger partial charge in [-0.25, -0.2) is 4.79 Å². The monoisotopic (exact) mass is 524 g/mol. The minimum absolute atomic E-state index is 0.0242. The van der Waals surface area contributed by atoms with Crippen molar-refractivity contribution >= 4 is 40.7 Å². The normalized spacial score (nSPS) is 14.4. The molecule has 2 N–H and O–H groups in total. The van der Waals surface area contributed by atoms with Crippen LogP contribution >= 0.6 is 12.2 Å². The molecule has 0 spiro atoms. The highest BCUT2D eigenvalue weighted by Crippen LogP contribution is 2.28. The molecule has 1 saturated heterocycles. The first-order valence-electron chi connectivity index (χ1n) is 11.5. The first kappa shape index (κ1) is 27.1. The molecule has 1 aromatic heterocycles. The van der Waals surface area contributed by atoms with Gasteiger partial charge in [0, 0.05) is 32.4 Å². The van der Waals surface area contributed by atoms with E-state index >= 15 is 0 Å². The van der Waals surface area contributed by atoms with E-state index in [1.165, 1.54) is 10.7 Å². The van der Waals surface area contributed by atoms with E-state index in [2.05, 4.69) is 20.5 Å². The van der Waals surface area contributed by atoms with Gasteiger partial charge < -0.3 is 29.9 Å². The van der Waals surface area contributed by atoms with Crippen molar-refractivity contribution in [2.45, 2.75) is 40.3 Å². The maximum atomic E-state index is 13.0. The lowest BCUT2D eigenvalue weighted by Gasteiger charge is -2.35. The third-order valence-electron chi connectivity index (χ3n) is 5.64. The molecular weight excluding hydrogens is 494 g/mol. The van der Waals surface area contributed by atoms with Gasteiger partial charge in [0.15, 0.2) is 5.11 Å². The number of amides is 2. The zero-order valence-corrected chi connectivity index (χ0v) is 21.4. The molecule has 196 valence electrons. The van der Waals surface area contributed by atoms with Gasteiger partial charge in [0.1, 0.15) is 11.8 Å². The summed E-state index contributed by atoms with van der Waals surface area (Å²) in [7, 11) is 0. The number of nitrogens with one attached hydrogen (secondary N) is 2. The number of nitrogens with zero attached hydrogens (tertiary/aromatic N) is 4. The molecule has 2 amide bonds. The smallest absolute Gasteiger partial charge is 0.409 e. The summed E-state index contributed by atoms with van der Waals surface area (Å²) in [4.78, 5) is 28.2. The third kappa shape index (κ3) is 6.80. The molecule has 36 heavy (non-hydrogen) atoms. The molecular formula is C23H30F2N6O4S. The number of carbonyl (C=O) groups excluding carboxylic acids is 2. The number of carbonyl (C=O) groups is 2. The summed E-state index contributed by atoms with van der Waals surface area (Å²) in [5.41, 5.74) is 2.20. The van der Waals surface area contributed by atoms with Crippen LogP contribution in [0.3, 0.4) is 0 Å². The van der Waals surface area contributed by atoms with Crippen LogP contribution in [0.5, 0.6) is 5.75 Å². The number of hydrogen-bond acceptors (Lipinski definition) is 6. The second-order valence-electron chi connectivity index (χ2n) is 8.25. The average molecular weight is 525 g/mol. The Bertz CT molecular complexity index is 1100. The van der Waals surface area contributed by atoms with Gasteiger partial charge in [-0.1, -0.05) is 6.07 Å². The van der Waals surface area contributed by atoms with Crippen molar-refractivity contribution in [3.8, 4) is 5.75 Å². The number of aromatic nitrogens is 2. The van der Waals surface area contributed by atoms with E-state index in [0.717, 1.165) is 5.56 Å². The zero-order valence-electron chi connectivity index (χ0n) is 20.6. The summed E-state index contributed by atoms with van der Waals surface area (Å²) >= 11 is 5.34. The quantitative estimate of drug-likeness (QED) is 0.528. The molecule has 1 fully saturated rings. The van der Waals surface area contributed by atoms with Gasteiger partial charge in [-0.15, -0.1) is 0 Å². The first-order chi connectivity index (χ1) is 17.1. The summed E-state index contributed by atoms with van der Waals surface area (Å²) in [5.74, 6) is -0.148. The Labute approximate surface area is 213 Å². The SMILES string of the molecule is CCOC(=O)N1CCN(C(=O)C(C)n2cc(NC(=S)Nc3ccc(C)cc3OC(F)F)c(C)n2)CC1. The lowest BCUT2D eigenvalue weighted by atomic mass is 10.2. The maximum Gasteiger partial charge on any atom is 0.409 e. The molecule has 0 bridgehead atoms. The molecule has 10 nitrogen and oxygen atoms in total. The number of anilines is 2. The van der Waals surface area contributed by atoms with Crippen LogP contribution in [0.15, 0.2) is 24.4 Å². The van der Waals surface area contributed by atoms with Gasteiger partial charge >= 0.3 is 12.7 Å². The fourth-order valence-electron chi connectivity index (χ4n) is 3.71. The molecule has 3 rings (SSSR count). The Morgan fingerprint density at radius 3 is 2.39 bits per heavy atom. The summed E-state index contributed by atoms with van der Waals surface area (Å²) < 4.78 is 36.7. The topological polar surface area (TPSA) is 101 Å². The van der Waals surface area contributed by atoms with E-state index in [-0.39, 0.29) is 28.5 Å². The molecule has 1 aliphatic heterocycles. The summed E-state index contributed by atoms with van der Waals surface area (Å²) in [6, 6.07) is 4.24. The van der Waals surface area contributed by atoms with E-state index in [0.29, 0.717) is 44.2 Å². The highest BCUT2D eigenvalue weighted by atomic mass is 32.1. The van der Waals surface area contributed by atoms with Gasteiger partial charge in [-0.3, -0.25) is 9.48 Å². The van der Waals surface area contributed by atoms with Gasteiger partial charge in [-0.05, 0) is 57.6 Å². The number of benzene rings is 1. The van der Waals surface area contributed by atoms with E-state index in [4.69, 9.17) is 17.0 Å².